The van der Waals surface area contributed by atoms with Crippen LogP contribution in [-0.4, -0.2) is 30.3 Å². The first-order chi connectivity index (χ1) is 9.40. The van der Waals surface area contributed by atoms with Crippen LogP contribution in [0.2, 0.25) is 0 Å². The van der Waals surface area contributed by atoms with Crippen molar-refractivity contribution < 1.29 is 9.47 Å². The molecular weight excluding hydrogens is 242 g/mol. The lowest BCUT2D eigenvalue weighted by molar-refractivity contribution is 0.146. The van der Waals surface area contributed by atoms with Crippen LogP contribution in [0.5, 0.6) is 5.75 Å². The molecule has 0 saturated heterocycles. The molecule has 100 valence electrons. The van der Waals surface area contributed by atoms with E-state index in [9.17, 15) is 0 Å². The molecule has 0 fully saturated rings. The van der Waals surface area contributed by atoms with Crippen LogP contribution in [0.4, 0.5) is 5.82 Å². The van der Waals surface area contributed by atoms with E-state index in [4.69, 9.17) is 9.47 Å². The minimum atomic E-state index is 0.543. The average molecular weight is 259 g/mol. The minimum absolute atomic E-state index is 0.543. The summed E-state index contributed by atoms with van der Waals surface area (Å²) in [5.41, 5.74) is 1.08. The van der Waals surface area contributed by atoms with E-state index in [-0.39, 0.29) is 0 Å². The maximum Gasteiger partial charge on any atom is 0.129 e. The summed E-state index contributed by atoms with van der Waals surface area (Å²) in [4.78, 5) is 7.99. The van der Waals surface area contributed by atoms with E-state index in [1.165, 1.54) is 6.33 Å². The molecule has 1 heterocycles. The molecule has 1 N–H and O–H groups in total. The zero-order valence-electron chi connectivity index (χ0n) is 10.9. The van der Waals surface area contributed by atoms with Gasteiger partial charge in [0, 0.05) is 25.4 Å². The number of nitrogens with one attached hydrogen (secondary N) is 1. The van der Waals surface area contributed by atoms with Crippen LogP contribution in [0.3, 0.4) is 0 Å². The molecule has 0 radical (unpaired) electrons. The Labute approximate surface area is 112 Å². The average Bonchev–Trinajstić information content (AvgIpc) is 2.48. The lowest BCUT2D eigenvalue weighted by atomic mass is 10.2. The molecule has 0 saturated carbocycles. The Morgan fingerprint density at radius 3 is 2.84 bits per heavy atom. The van der Waals surface area contributed by atoms with Crippen LogP contribution < -0.4 is 10.1 Å². The molecule has 0 aliphatic carbocycles. The van der Waals surface area contributed by atoms with Gasteiger partial charge in [0.05, 0.1) is 6.61 Å². The highest BCUT2D eigenvalue weighted by molar-refractivity contribution is 5.38. The van der Waals surface area contributed by atoms with Crippen molar-refractivity contribution in [1.29, 1.82) is 0 Å². The molecule has 2 rings (SSSR count). The monoisotopic (exact) mass is 259 g/mol. The molecule has 5 nitrogen and oxygen atoms in total. The number of benzene rings is 1. The van der Waals surface area contributed by atoms with Gasteiger partial charge in [-0.2, -0.15) is 0 Å². The molecule has 0 spiro atoms. The van der Waals surface area contributed by atoms with E-state index in [0.717, 1.165) is 17.1 Å². The van der Waals surface area contributed by atoms with Gasteiger partial charge in [0.1, 0.15) is 24.5 Å². The van der Waals surface area contributed by atoms with E-state index >= 15 is 0 Å². The van der Waals surface area contributed by atoms with Crippen LogP contribution in [0, 0.1) is 0 Å². The summed E-state index contributed by atoms with van der Waals surface area (Å²) >= 11 is 0. The number of hydrogen-bond acceptors (Lipinski definition) is 5. The fourth-order valence-corrected chi connectivity index (χ4v) is 1.61. The smallest absolute Gasteiger partial charge is 0.129 e. The third kappa shape index (κ3) is 4.22. The summed E-state index contributed by atoms with van der Waals surface area (Å²) in [5.74, 6) is 1.66. The Morgan fingerprint density at radius 1 is 1.16 bits per heavy atom. The lowest BCUT2D eigenvalue weighted by Crippen LogP contribution is -2.08. The van der Waals surface area contributed by atoms with Crippen LogP contribution in [0.15, 0.2) is 42.9 Å². The first kappa shape index (κ1) is 13.3. The van der Waals surface area contributed by atoms with Crippen molar-refractivity contribution in [3.63, 3.8) is 0 Å². The fraction of sp³-hybridized carbons (Fsp3) is 0.286. The van der Waals surface area contributed by atoms with E-state index < -0.39 is 0 Å². The third-order valence-electron chi connectivity index (χ3n) is 2.56. The first-order valence-electron chi connectivity index (χ1n) is 6.09. The highest BCUT2D eigenvalue weighted by Gasteiger charge is 2.03. The number of aromatic nitrogens is 2. The Kier molecular flexibility index (Phi) is 5.13. The van der Waals surface area contributed by atoms with Crippen molar-refractivity contribution in [2.75, 3.05) is 25.6 Å². The van der Waals surface area contributed by atoms with Crippen molar-refractivity contribution in [3.05, 3.63) is 48.4 Å². The van der Waals surface area contributed by atoms with E-state index in [1.807, 2.05) is 30.3 Å². The number of hydrogen-bond donors (Lipinski definition) is 1. The normalized spacial score (nSPS) is 10.2. The lowest BCUT2D eigenvalue weighted by Gasteiger charge is -2.12. The predicted molar refractivity (Wildman–Crippen MR) is 73.2 cm³/mol. The molecule has 0 unspecified atom stereocenters. The van der Waals surface area contributed by atoms with Crippen molar-refractivity contribution in [2.24, 2.45) is 0 Å². The van der Waals surface area contributed by atoms with E-state index in [0.29, 0.717) is 19.8 Å². The van der Waals surface area contributed by atoms with Gasteiger partial charge in [-0.05, 0) is 12.1 Å². The highest BCUT2D eigenvalue weighted by Crippen LogP contribution is 2.18. The summed E-state index contributed by atoms with van der Waals surface area (Å²) in [6, 6.07) is 9.74. The maximum atomic E-state index is 5.67. The number of para-hydroxylation sites is 1. The van der Waals surface area contributed by atoms with Crippen molar-refractivity contribution >= 4 is 5.82 Å². The Morgan fingerprint density at radius 2 is 2.05 bits per heavy atom. The van der Waals surface area contributed by atoms with Gasteiger partial charge >= 0.3 is 0 Å². The van der Waals surface area contributed by atoms with Gasteiger partial charge in [0.25, 0.3) is 0 Å². The molecule has 5 heteroatoms. The third-order valence-corrected chi connectivity index (χ3v) is 2.56. The van der Waals surface area contributed by atoms with Crippen LogP contribution >= 0.6 is 0 Å². The number of ether oxygens (including phenoxy) is 2. The standard InChI is InChI=1S/C14H17N3O2/c1-18-8-9-19-13-5-3-2-4-12(13)10-16-14-6-7-15-11-17-14/h2-7,11H,8-10H2,1H3,(H,15,16,17). The maximum absolute atomic E-state index is 5.67. The van der Waals surface area contributed by atoms with Gasteiger partial charge in [0.15, 0.2) is 0 Å². The summed E-state index contributed by atoms with van der Waals surface area (Å²) in [5, 5.41) is 3.23. The van der Waals surface area contributed by atoms with Gasteiger partial charge < -0.3 is 14.8 Å². The molecule has 0 aliphatic heterocycles. The van der Waals surface area contributed by atoms with Crippen LogP contribution in [-0.2, 0) is 11.3 Å². The zero-order chi connectivity index (χ0) is 13.3. The predicted octanol–water partition coefficient (Wildman–Crippen LogP) is 2.11. The largest absolute Gasteiger partial charge is 0.491 e. The molecule has 0 atom stereocenters. The zero-order valence-corrected chi connectivity index (χ0v) is 10.9. The van der Waals surface area contributed by atoms with Crippen LogP contribution in [0.25, 0.3) is 0 Å². The quantitative estimate of drug-likeness (QED) is 0.772. The van der Waals surface area contributed by atoms with Crippen molar-refractivity contribution in [1.82, 2.24) is 9.97 Å². The Balaban J connectivity index is 1.95. The van der Waals surface area contributed by atoms with Gasteiger partial charge in [-0.3, -0.25) is 0 Å². The Hall–Kier alpha value is -2.14. The molecule has 0 aliphatic rings. The molecule has 1 aromatic heterocycles. The molecule has 19 heavy (non-hydrogen) atoms. The van der Waals surface area contributed by atoms with E-state index in [2.05, 4.69) is 15.3 Å². The van der Waals surface area contributed by atoms with Crippen molar-refractivity contribution in [3.8, 4) is 5.75 Å². The number of nitrogens with zero attached hydrogens (tertiary/aromatic N) is 2. The van der Waals surface area contributed by atoms with Crippen LogP contribution in [0.1, 0.15) is 5.56 Å². The fourth-order valence-electron chi connectivity index (χ4n) is 1.61. The number of anilines is 1. The molecule has 0 bridgehead atoms. The summed E-state index contributed by atoms with van der Waals surface area (Å²) in [6.45, 7) is 1.77. The molecular formula is C14H17N3O2. The second-order valence-corrected chi connectivity index (χ2v) is 3.90. The number of rotatable bonds is 7. The summed E-state index contributed by atoms with van der Waals surface area (Å²) in [6.07, 6.45) is 3.22. The topological polar surface area (TPSA) is 56.3 Å². The second-order valence-electron chi connectivity index (χ2n) is 3.90. The molecule has 1 aromatic carbocycles. The molecule has 0 amide bonds. The minimum Gasteiger partial charge on any atom is -0.491 e. The van der Waals surface area contributed by atoms with Gasteiger partial charge in [-0.25, -0.2) is 9.97 Å². The second kappa shape index (κ2) is 7.33. The number of methoxy groups -OCH3 is 1. The highest BCUT2D eigenvalue weighted by atomic mass is 16.5. The first-order valence-corrected chi connectivity index (χ1v) is 6.09. The van der Waals surface area contributed by atoms with Gasteiger partial charge in [0.2, 0.25) is 0 Å². The van der Waals surface area contributed by atoms with Gasteiger partial charge in [-0.15, -0.1) is 0 Å². The van der Waals surface area contributed by atoms with E-state index in [1.54, 1.807) is 13.3 Å². The Bertz CT molecular complexity index is 491. The summed E-state index contributed by atoms with van der Waals surface area (Å²) in [7, 11) is 1.66. The molecule has 2 aromatic rings. The van der Waals surface area contributed by atoms with Crippen molar-refractivity contribution in [2.45, 2.75) is 6.54 Å². The van der Waals surface area contributed by atoms with Gasteiger partial charge in [-0.1, -0.05) is 18.2 Å². The SMILES string of the molecule is COCCOc1ccccc1CNc1ccncn1. The summed E-state index contributed by atoms with van der Waals surface area (Å²) < 4.78 is 10.6.